The maximum absolute atomic E-state index is 14.5. The van der Waals surface area contributed by atoms with Gasteiger partial charge in [-0.3, -0.25) is 0 Å². The van der Waals surface area contributed by atoms with Crippen molar-refractivity contribution in [1.29, 1.82) is 0 Å². The molecule has 0 saturated heterocycles. The van der Waals surface area contributed by atoms with Gasteiger partial charge in [0.1, 0.15) is 11.6 Å². The number of ether oxygens (including phenoxy) is 1. The van der Waals surface area contributed by atoms with Crippen LogP contribution in [-0.4, -0.2) is 13.7 Å². The summed E-state index contributed by atoms with van der Waals surface area (Å²) in [6.45, 7) is 2.89. The largest absolute Gasteiger partial charge is 0.496 e. The van der Waals surface area contributed by atoms with Crippen molar-refractivity contribution in [3.8, 4) is 5.75 Å². The molecule has 1 unspecified atom stereocenters. The quantitative estimate of drug-likeness (QED) is 0.815. The molecule has 0 aliphatic carbocycles. The van der Waals surface area contributed by atoms with Gasteiger partial charge < -0.3 is 10.1 Å². The molecule has 0 aliphatic heterocycles. The van der Waals surface area contributed by atoms with Crippen LogP contribution in [0, 0.1) is 5.82 Å². The van der Waals surface area contributed by atoms with E-state index in [1.807, 2.05) is 30.3 Å². The molecule has 2 aromatic rings. The Morgan fingerprint density at radius 3 is 2.57 bits per heavy atom. The molecule has 21 heavy (non-hydrogen) atoms. The molecule has 0 bridgehead atoms. The molecular weight excluding hydrogens is 333 g/mol. The maximum atomic E-state index is 14.5. The summed E-state index contributed by atoms with van der Waals surface area (Å²) in [6, 6.07) is 12.8. The van der Waals surface area contributed by atoms with Crippen molar-refractivity contribution >= 4 is 15.9 Å². The van der Waals surface area contributed by atoms with Gasteiger partial charge in [0, 0.05) is 11.1 Å². The number of hydrogen-bond donors (Lipinski definition) is 1. The summed E-state index contributed by atoms with van der Waals surface area (Å²) in [5.41, 5.74) is 1.55. The Morgan fingerprint density at radius 1 is 1.14 bits per heavy atom. The van der Waals surface area contributed by atoms with Crippen LogP contribution in [0.2, 0.25) is 0 Å². The average Bonchev–Trinajstić information content (AvgIpc) is 2.52. The monoisotopic (exact) mass is 351 g/mol. The Hall–Kier alpha value is -1.39. The third-order valence-corrected chi connectivity index (χ3v) is 3.95. The Bertz CT molecular complexity index is 603. The number of rotatable bonds is 6. The predicted molar refractivity (Wildman–Crippen MR) is 87.2 cm³/mol. The van der Waals surface area contributed by atoms with Crippen LogP contribution in [0.15, 0.2) is 46.9 Å². The molecule has 0 spiro atoms. The highest BCUT2D eigenvalue weighted by Gasteiger charge is 2.21. The van der Waals surface area contributed by atoms with Crippen molar-refractivity contribution in [3.63, 3.8) is 0 Å². The molecule has 2 aromatic carbocycles. The van der Waals surface area contributed by atoms with Crippen molar-refractivity contribution in [3.05, 3.63) is 63.9 Å². The molecule has 2 nitrogen and oxygen atoms in total. The third-order valence-electron chi connectivity index (χ3n) is 3.34. The van der Waals surface area contributed by atoms with Gasteiger partial charge in [-0.05, 0) is 41.0 Å². The van der Waals surface area contributed by atoms with Gasteiger partial charge in [-0.1, -0.05) is 37.3 Å². The SMILES string of the molecule is CCCNC(c1ccccc1OC)c1cccc(Br)c1F. The van der Waals surface area contributed by atoms with E-state index in [9.17, 15) is 4.39 Å². The van der Waals surface area contributed by atoms with Gasteiger partial charge in [0.05, 0.1) is 17.6 Å². The Labute approximate surface area is 133 Å². The summed E-state index contributed by atoms with van der Waals surface area (Å²) in [5, 5.41) is 3.40. The predicted octanol–water partition coefficient (Wildman–Crippen LogP) is 4.69. The molecule has 0 radical (unpaired) electrons. The van der Waals surface area contributed by atoms with E-state index >= 15 is 0 Å². The highest BCUT2D eigenvalue weighted by molar-refractivity contribution is 9.10. The van der Waals surface area contributed by atoms with E-state index in [1.54, 1.807) is 19.2 Å². The van der Waals surface area contributed by atoms with E-state index in [4.69, 9.17) is 4.74 Å². The zero-order valence-corrected chi connectivity index (χ0v) is 13.8. The van der Waals surface area contributed by atoms with Gasteiger partial charge in [0.15, 0.2) is 0 Å². The standard InChI is InChI=1S/C17H19BrFNO/c1-3-11-20-17(12-7-4-5-10-15(12)21-2)13-8-6-9-14(18)16(13)19/h4-10,17,20H,3,11H2,1-2H3. The highest BCUT2D eigenvalue weighted by atomic mass is 79.9. The number of benzene rings is 2. The summed E-state index contributed by atoms with van der Waals surface area (Å²) in [5.74, 6) is 0.516. The number of methoxy groups -OCH3 is 1. The minimum Gasteiger partial charge on any atom is -0.496 e. The molecule has 1 atom stereocenters. The fourth-order valence-electron chi connectivity index (χ4n) is 2.32. The normalized spacial score (nSPS) is 12.2. The highest BCUT2D eigenvalue weighted by Crippen LogP contribution is 2.33. The molecular formula is C17H19BrFNO. The summed E-state index contributed by atoms with van der Waals surface area (Å²) < 4.78 is 20.4. The average molecular weight is 352 g/mol. The van der Waals surface area contributed by atoms with Gasteiger partial charge >= 0.3 is 0 Å². The smallest absolute Gasteiger partial charge is 0.142 e. The summed E-state index contributed by atoms with van der Waals surface area (Å²) in [7, 11) is 1.63. The summed E-state index contributed by atoms with van der Waals surface area (Å²) in [4.78, 5) is 0. The zero-order valence-electron chi connectivity index (χ0n) is 12.2. The molecule has 0 heterocycles. The lowest BCUT2D eigenvalue weighted by molar-refractivity contribution is 0.402. The Kier molecular flexibility index (Phi) is 5.76. The molecule has 0 aliphatic rings. The van der Waals surface area contributed by atoms with Gasteiger partial charge in [-0.2, -0.15) is 0 Å². The van der Waals surface area contributed by atoms with E-state index < -0.39 is 0 Å². The second kappa shape index (κ2) is 7.57. The number of para-hydroxylation sites is 1. The molecule has 1 N–H and O–H groups in total. The lowest BCUT2D eigenvalue weighted by Gasteiger charge is -2.22. The van der Waals surface area contributed by atoms with Crippen LogP contribution in [-0.2, 0) is 0 Å². The molecule has 0 amide bonds. The number of nitrogens with one attached hydrogen (secondary N) is 1. The Morgan fingerprint density at radius 2 is 1.86 bits per heavy atom. The van der Waals surface area contributed by atoms with Crippen molar-refractivity contribution in [1.82, 2.24) is 5.32 Å². The van der Waals surface area contributed by atoms with E-state index in [-0.39, 0.29) is 11.9 Å². The van der Waals surface area contributed by atoms with Crippen LogP contribution in [0.1, 0.15) is 30.5 Å². The van der Waals surface area contributed by atoms with Gasteiger partial charge in [-0.25, -0.2) is 4.39 Å². The second-order valence-corrected chi connectivity index (χ2v) is 5.63. The van der Waals surface area contributed by atoms with Crippen molar-refractivity contribution in [2.75, 3.05) is 13.7 Å². The first-order chi connectivity index (χ1) is 10.2. The zero-order chi connectivity index (χ0) is 15.2. The van der Waals surface area contributed by atoms with Gasteiger partial charge in [-0.15, -0.1) is 0 Å². The van der Waals surface area contributed by atoms with Crippen molar-refractivity contribution in [2.24, 2.45) is 0 Å². The fourth-order valence-corrected chi connectivity index (χ4v) is 2.71. The van der Waals surface area contributed by atoms with E-state index in [2.05, 4.69) is 28.2 Å². The van der Waals surface area contributed by atoms with Gasteiger partial charge in [0.25, 0.3) is 0 Å². The van der Waals surface area contributed by atoms with Crippen LogP contribution < -0.4 is 10.1 Å². The van der Waals surface area contributed by atoms with Crippen LogP contribution in [0.25, 0.3) is 0 Å². The summed E-state index contributed by atoms with van der Waals surface area (Å²) in [6.07, 6.45) is 0.973. The molecule has 112 valence electrons. The second-order valence-electron chi connectivity index (χ2n) is 4.77. The lowest BCUT2D eigenvalue weighted by Crippen LogP contribution is -2.24. The van der Waals surface area contributed by atoms with E-state index in [0.29, 0.717) is 10.0 Å². The Balaban J connectivity index is 2.50. The first kappa shape index (κ1) is 16.0. The first-order valence-corrected chi connectivity index (χ1v) is 7.78. The maximum Gasteiger partial charge on any atom is 0.142 e. The van der Waals surface area contributed by atoms with E-state index in [1.165, 1.54) is 0 Å². The minimum absolute atomic E-state index is 0.237. The topological polar surface area (TPSA) is 21.3 Å². The van der Waals surface area contributed by atoms with Crippen LogP contribution in [0.5, 0.6) is 5.75 Å². The van der Waals surface area contributed by atoms with Crippen LogP contribution in [0.4, 0.5) is 4.39 Å². The molecule has 0 saturated carbocycles. The minimum atomic E-state index is -0.239. The molecule has 2 rings (SSSR count). The van der Waals surface area contributed by atoms with Crippen LogP contribution in [0.3, 0.4) is 0 Å². The lowest BCUT2D eigenvalue weighted by atomic mass is 9.97. The van der Waals surface area contributed by atoms with Crippen LogP contribution >= 0.6 is 15.9 Å². The van der Waals surface area contributed by atoms with Crippen molar-refractivity contribution < 1.29 is 9.13 Å². The fraction of sp³-hybridized carbons (Fsp3) is 0.294. The molecule has 4 heteroatoms. The van der Waals surface area contributed by atoms with Gasteiger partial charge in [0.2, 0.25) is 0 Å². The van der Waals surface area contributed by atoms with E-state index in [0.717, 1.165) is 24.3 Å². The number of hydrogen-bond acceptors (Lipinski definition) is 2. The first-order valence-electron chi connectivity index (χ1n) is 6.99. The van der Waals surface area contributed by atoms with Crippen molar-refractivity contribution in [2.45, 2.75) is 19.4 Å². The third kappa shape index (κ3) is 3.63. The number of halogens is 2. The molecule has 0 aromatic heterocycles. The summed E-state index contributed by atoms with van der Waals surface area (Å²) >= 11 is 3.26. The molecule has 0 fully saturated rings.